The molecule has 5 N–H and O–H groups in total. The average Bonchev–Trinajstić information content (AvgIpc) is 2.90. The number of rotatable bonds is 5. The van der Waals surface area contributed by atoms with Crippen molar-refractivity contribution in [3.8, 4) is 0 Å². The predicted octanol–water partition coefficient (Wildman–Crippen LogP) is -0.00946. The van der Waals surface area contributed by atoms with Crippen LogP contribution in [0.3, 0.4) is 0 Å². The first-order valence-electron chi connectivity index (χ1n) is 9.52. The third kappa shape index (κ3) is 3.48. The number of ether oxygens (including phenoxy) is 3. The van der Waals surface area contributed by atoms with E-state index in [1.807, 2.05) is 26.8 Å². The van der Waals surface area contributed by atoms with E-state index in [-0.39, 0.29) is 12.5 Å². The van der Waals surface area contributed by atoms with Crippen LogP contribution in [-0.4, -0.2) is 70.1 Å². The summed E-state index contributed by atoms with van der Waals surface area (Å²) in [6.45, 7) is 5.71. The molecule has 158 valence electrons. The average molecular weight is 398 g/mol. The number of benzene rings is 1. The van der Waals surface area contributed by atoms with E-state index in [0.29, 0.717) is 6.42 Å². The van der Waals surface area contributed by atoms with Gasteiger partial charge in [-0.25, -0.2) is 0 Å². The van der Waals surface area contributed by atoms with E-state index < -0.39 is 43.1 Å². The summed E-state index contributed by atoms with van der Waals surface area (Å²) in [7, 11) is 1.32. The molecule has 1 aliphatic heterocycles. The summed E-state index contributed by atoms with van der Waals surface area (Å²) in [6, 6.07) is 1.91. The lowest BCUT2D eigenvalue weighted by Gasteiger charge is -2.41. The molecule has 8 nitrogen and oxygen atoms in total. The molecule has 1 aromatic carbocycles. The van der Waals surface area contributed by atoms with Crippen LogP contribution in [0.15, 0.2) is 6.07 Å². The third-order valence-electron chi connectivity index (χ3n) is 6.00. The minimum Gasteiger partial charge on any atom is -0.396 e. The molecule has 0 radical (unpaired) electrons. The van der Waals surface area contributed by atoms with Crippen LogP contribution in [0.2, 0.25) is 0 Å². The minimum atomic E-state index is -1.49. The van der Waals surface area contributed by atoms with E-state index in [0.717, 1.165) is 27.8 Å². The van der Waals surface area contributed by atoms with Crippen LogP contribution in [-0.2, 0) is 20.6 Å². The molecule has 0 unspecified atom stereocenters. The lowest BCUT2D eigenvalue weighted by Crippen LogP contribution is -2.58. The molecule has 1 fully saturated rings. The van der Waals surface area contributed by atoms with Crippen molar-refractivity contribution in [3.63, 3.8) is 0 Å². The second-order valence-corrected chi connectivity index (χ2v) is 7.71. The molecule has 3 rings (SSSR count). The molecule has 1 heterocycles. The maximum absolute atomic E-state index is 10.7. The predicted molar refractivity (Wildman–Crippen MR) is 98.3 cm³/mol. The molecule has 1 aliphatic carbocycles. The molecule has 0 bridgehead atoms. The van der Waals surface area contributed by atoms with Gasteiger partial charge in [0.15, 0.2) is 12.6 Å². The topological polar surface area (TPSA) is 129 Å². The molecular formula is C20H30O8. The molecule has 1 aromatic rings. The van der Waals surface area contributed by atoms with Gasteiger partial charge in [-0.3, -0.25) is 0 Å². The smallest absolute Gasteiger partial charge is 0.189 e. The Morgan fingerprint density at radius 2 is 1.68 bits per heavy atom. The van der Waals surface area contributed by atoms with E-state index >= 15 is 0 Å². The number of hydrogen-bond acceptors (Lipinski definition) is 8. The highest BCUT2D eigenvalue weighted by molar-refractivity contribution is 5.50. The zero-order valence-electron chi connectivity index (χ0n) is 16.6. The first kappa shape index (κ1) is 21.6. The number of methoxy groups -OCH3 is 1. The van der Waals surface area contributed by atoms with Crippen LogP contribution in [0.1, 0.15) is 46.9 Å². The lowest BCUT2D eigenvalue weighted by molar-refractivity contribution is -0.356. The van der Waals surface area contributed by atoms with Crippen LogP contribution in [0, 0.1) is 19.8 Å². The Morgan fingerprint density at radius 1 is 1.04 bits per heavy atom. The van der Waals surface area contributed by atoms with E-state index in [9.17, 15) is 25.5 Å². The monoisotopic (exact) mass is 398 g/mol. The Labute approximate surface area is 164 Å². The van der Waals surface area contributed by atoms with Gasteiger partial charge in [0.25, 0.3) is 0 Å². The zero-order chi connectivity index (χ0) is 20.7. The summed E-state index contributed by atoms with van der Waals surface area (Å²) in [5.41, 5.74) is 4.46. The molecule has 0 saturated carbocycles. The number of fused-ring (bicyclic) bond motifs is 1. The fourth-order valence-corrected chi connectivity index (χ4v) is 4.36. The standard InChI is InChI=1S/C20H30O8/c1-8-7-12-13(9(2)11(8)5-6-21)18(10(3)14(12)22)27-20-17(25)15(23)16(24)19(26-4)28-20/h7,10,14-25H,5-6H2,1-4H3/t10-,14-,15+,16+,17-,18-,19+,20-/m1/s1. The van der Waals surface area contributed by atoms with E-state index in [2.05, 4.69) is 0 Å². The summed E-state index contributed by atoms with van der Waals surface area (Å²) < 4.78 is 16.6. The van der Waals surface area contributed by atoms with Gasteiger partial charge in [-0.15, -0.1) is 0 Å². The van der Waals surface area contributed by atoms with Crippen molar-refractivity contribution in [2.24, 2.45) is 5.92 Å². The molecule has 8 heteroatoms. The van der Waals surface area contributed by atoms with Gasteiger partial charge in [0.2, 0.25) is 0 Å². The highest BCUT2D eigenvalue weighted by Crippen LogP contribution is 2.49. The van der Waals surface area contributed by atoms with E-state index in [4.69, 9.17) is 14.2 Å². The zero-order valence-corrected chi connectivity index (χ0v) is 16.6. The number of hydrogen-bond donors (Lipinski definition) is 5. The van der Waals surface area contributed by atoms with Crippen molar-refractivity contribution in [2.45, 2.75) is 70.3 Å². The van der Waals surface area contributed by atoms with Crippen molar-refractivity contribution in [1.29, 1.82) is 0 Å². The Hall–Kier alpha value is -1.10. The fraction of sp³-hybridized carbons (Fsp3) is 0.700. The Morgan fingerprint density at radius 3 is 2.29 bits per heavy atom. The molecule has 0 aromatic heterocycles. The van der Waals surface area contributed by atoms with Gasteiger partial charge in [-0.2, -0.15) is 0 Å². The highest BCUT2D eigenvalue weighted by atomic mass is 16.8. The first-order valence-corrected chi connectivity index (χ1v) is 9.52. The molecule has 2 aliphatic rings. The second-order valence-electron chi connectivity index (χ2n) is 7.71. The summed E-state index contributed by atoms with van der Waals surface area (Å²) in [4.78, 5) is 0. The quantitative estimate of drug-likeness (QED) is 0.468. The van der Waals surface area contributed by atoms with Gasteiger partial charge < -0.3 is 39.7 Å². The Kier molecular flexibility index (Phi) is 6.43. The number of aliphatic hydroxyl groups excluding tert-OH is 5. The number of aryl methyl sites for hydroxylation is 1. The summed E-state index contributed by atoms with van der Waals surface area (Å²) in [5.74, 6) is -0.321. The molecule has 28 heavy (non-hydrogen) atoms. The maximum Gasteiger partial charge on any atom is 0.189 e. The highest BCUT2D eigenvalue weighted by Gasteiger charge is 2.48. The molecule has 0 spiro atoms. The van der Waals surface area contributed by atoms with Crippen LogP contribution in [0.25, 0.3) is 0 Å². The SMILES string of the molecule is CO[C@H]1O[C@@H](O[C@H]2c3c(cc(C)c(CCO)c3C)[C@H](O)[C@H]2C)[C@H](O)[C@@H](O)[C@@H]1O. The first-order chi connectivity index (χ1) is 13.2. The van der Waals surface area contributed by atoms with E-state index in [1.165, 1.54) is 7.11 Å². The normalized spacial score (nSPS) is 37.9. The van der Waals surface area contributed by atoms with Crippen LogP contribution in [0.4, 0.5) is 0 Å². The Balaban J connectivity index is 1.95. The van der Waals surface area contributed by atoms with Gasteiger partial charge >= 0.3 is 0 Å². The second kappa shape index (κ2) is 8.33. The van der Waals surface area contributed by atoms with Gasteiger partial charge in [-0.1, -0.05) is 13.0 Å². The van der Waals surface area contributed by atoms with Crippen LogP contribution in [0.5, 0.6) is 0 Å². The third-order valence-corrected chi connectivity index (χ3v) is 6.00. The van der Waals surface area contributed by atoms with Gasteiger partial charge in [0, 0.05) is 19.6 Å². The van der Waals surface area contributed by atoms with Gasteiger partial charge in [0.05, 0.1) is 12.2 Å². The van der Waals surface area contributed by atoms with Gasteiger partial charge in [-0.05, 0) is 48.1 Å². The lowest BCUT2D eigenvalue weighted by atomic mass is 9.91. The van der Waals surface area contributed by atoms with E-state index in [1.54, 1.807) is 0 Å². The van der Waals surface area contributed by atoms with Crippen molar-refractivity contribution in [2.75, 3.05) is 13.7 Å². The maximum atomic E-state index is 10.7. The van der Waals surface area contributed by atoms with Crippen molar-refractivity contribution < 1.29 is 39.7 Å². The molecule has 0 amide bonds. The van der Waals surface area contributed by atoms with Crippen molar-refractivity contribution in [1.82, 2.24) is 0 Å². The van der Waals surface area contributed by atoms with Crippen molar-refractivity contribution >= 4 is 0 Å². The largest absolute Gasteiger partial charge is 0.396 e. The van der Waals surface area contributed by atoms with Crippen LogP contribution >= 0.6 is 0 Å². The van der Waals surface area contributed by atoms with Crippen LogP contribution < -0.4 is 0 Å². The number of aliphatic hydroxyl groups is 5. The van der Waals surface area contributed by atoms with Crippen molar-refractivity contribution in [3.05, 3.63) is 33.9 Å². The molecular weight excluding hydrogens is 368 g/mol. The molecule has 1 saturated heterocycles. The Bertz CT molecular complexity index is 706. The van der Waals surface area contributed by atoms with Gasteiger partial charge in [0.1, 0.15) is 18.3 Å². The minimum absolute atomic E-state index is 0.00808. The summed E-state index contributed by atoms with van der Waals surface area (Å²) in [6.07, 6.45) is -7.62. The molecule has 8 atom stereocenters. The summed E-state index contributed by atoms with van der Waals surface area (Å²) >= 11 is 0. The fourth-order valence-electron chi connectivity index (χ4n) is 4.36. The summed E-state index contributed by atoms with van der Waals surface area (Å²) in [5, 5.41) is 50.5.